The van der Waals surface area contributed by atoms with Crippen molar-refractivity contribution in [3.8, 4) is 5.75 Å². The average Bonchev–Trinajstić information content (AvgIpc) is 2.92. The predicted octanol–water partition coefficient (Wildman–Crippen LogP) is 4.04. The van der Waals surface area contributed by atoms with Gasteiger partial charge < -0.3 is 10.4 Å². The molecule has 0 unspecified atom stereocenters. The standard InChI is InChI=1S/C11H10O.C8H7NO/c1-8-6-7-9-4-2-3-5-10(9)11(8)12;10-8-5-6-3-1-2-4-7(6)9-8/h2-7,12H,1H3;1-4H,5H2,(H,9,10). The predicted molar refractivity (Wildman–Crippen MR) is 89.1 cm³/mol. The van der Waals surface area contributed by atoms with Crippen molar-refractivity contribution in [3.05, 3.63) is 71.8 Å². The summed E-state index contributed by atoms with van der Waals surface area (Å²) >= 11 is 0. The third-order valence-corrected chi connectivity index (χ3v) is 3.74. The first kappa shape index (κ1) is 14.1. The highest BCUT2D eigenvalue weighted by Crippen LogP contribution is 2.27. The van der Waals surface area contributed by atoms with Crippen LogP contribution in [0.1, 0.15) is 11.1 Å². The Morgan fingerprint density at radius 3 is 2.50 bits per heavy atom. The fourth-order valence-corrected chi connectivity index (χ4v) is 2.53. The molecule has 1 aliphatic heterocycles. The number of carbonyl (C=O) groups excluding carboxylic acids is 1. The minimum absolute atomic E-state index is 0.0983. The second-order valence-corrected chi connectivity index (χ2v) is 5.33. The van der Waals surface area contributed by atoms with Crippen molar-refractivity contribution in [1.29, 1.82) is 0 Å². The number of para-hydroxylation sites is 1. The number of hydrogen-bond acceptors (Lipinski definition) is 2. The first-order chi connectivity index (χ1) is 10.6. The maximum Gasteiger partial charge on any atom is 0.228 e. The lowest BCUT2D eigenvalue weighted by molar-refractivity contribution is -0.115. The second kappa shape index (κ2) is 5.90. The molecule has 0 atom stereocenters. The van der Waals surface area contributed by atoms with Crippen LogP contribution in [0.2, 0.25) is 0 Å². The highest BCUT2D eigenvalue weighted by atomic mass is 16.3. The van der Waals surface area contributed by atoms with E-state index in [-0.39, 0.29) is 5.91 Å². The van der Waals surface area contributed by atoms with Crippen LogP contribution < -0.4 is 5.32 Å². The number of aryl methyl sites for hydroxylation is 1. The van der Waals surface area contributed by atoms with Crippen molar-refractivity contribution in [1.82, 2.24) is 0 Å². The lowest BCUT2D eigenvalue weighted by Gasteiger charge is -2.02. The van der Waals surface area contributed by atoms with Gasteiger partial charge in [-0.15, -0.1) is 0 Å². The van der Waals surface area contributed by atoms with Crippen LogP contribution in [0, 0.1) is 6.92 Å². The fraction of sp³-hybridized carbons (Fsp3) is 0.105. The van der Waals surface area contributed by atoms with Crippen molar-refractivity contribution < 1.29 is 9.90 Å². The van der Waals surface area contributed by atoms with Gasteiger partial charge in [-0.1, -0.05) is 54.6 Å². The van der Waals surface area contributed by atoms with Gasteiger partial charge in [0.2, 0.25) is 5.91 Å². The zero-order valence-corrected chi connectivity index (χ0v) is 12.3. The molecule has 0 aliphatic carbocycles. The van der Waals surface area contributed by atoms with E-state index in [1.54, 1.807) is 0 Å². The Morgan fingerprint density at radius 2 is 1.68 bits per heavy atom. The Balaban J connectivity index is 0.000000133. The van der Waals surface area contributed by atoms with Crippen LogP contribution >= 0.6 is 0 Å². The first-order valence-corrected chi connectivity index (χ1v) is 7.20. The van der Waals surface area contributed by atoms with Crippen LogP contribution in [0.25, 0.3) is 10.8 Å². The molecule has 3 aromatic rings. The number of nitrogens with one attached hydrogen (secondary N) is 1. The van der Waals surface area contributed by atoms with Gasteiger partial charge in [0.05, 0.1) is 6.42 Å². The number of rotatable bonds is 0. The number of aromatic hydroxyl groups is 1. The molecule has 1 aliphatic rings. The molecule has 0 aromatic heterocycles. The topological polar surface area (TPSA) is 49.3 Å². The fourth-order valence-electron chi connectivity index (χ4n) is 2.53. The van der Waals surface area contributed by atoms with Gasteiger partial charge in [-0.2, -0.15) is 0 Å². The number of benzene rings is 3. The van der Waals surface area contributed by atoms with E-state index in [0.717, 1.165) is 27.6 Å². The zero-order valence-electron chi connectivity index (χ0n) is 12.3. The van der Waals surface area contributed by atoms with Gasteiger partial charge in [0, 0.05) is 11.1 Å². The first-order valence-electron chi connectivity index (χ1n) is 7.20. The SMILES string of the molecule is Cc1ccc2ccccc2c1O.O=C1Cc2ccccc2N1. The lowest BCUT2D eigenvalue weighted by atomic mass is 10.1. The number of phenols is 1. The molecule has 0 fully saturated rings. The third kappa shape index (κ3) is 2.79. The molecule has 1 amide bonds. The Bertz CT molecular complexity index is 813. The van der Waals surface area contributed by atoms with E-state index in [2.05, 4.69) is 5.32 Å². The number of hydrogen-bond donors (Lipinski definition) is 2. The largest absolute Gasteiger partial charge is 0.507 e. The van der Waals surface area contributed by atoms with Crippen molar-refractivity contribution in [2.45, 2.75) is 13.3 Å². The van der Waals surface area contributed by atoms with Crippen LogP contribution in [0.5, 0.6) is 5.75 Å². The van der Waals surface area contributed by atoms with E-state index < -0.39 is 0 Å². The van der Waals surface area contributed by atoms with Crippen molar-refractivity contribution >= 4 is 22.4 Å². The van der Waals surface area contributed by atoms with E-state index >= 15 is 0 Å². The highest BCUT2D eigenvalue weighted by Gasteiger charge is 2.15. The van der Waals surface area contributed by atoms with E-state index in [0.29, 0.717) is 12.2 Å². The van der Waals surface area contributed by atoms with Gasteiger partial charge in [-0.05, 0) is 29.5 Å². The number of amides is 1. The maximum atomic E-state index is 10.8. The van der Waals surface area contributed by atoms with Crippen LogP contribution in [0.4, 0.5) is 5.69 Å². The molecule has 0 spiro atoms. The van der Waals surface area contributed by atoms with Crippen LogP contribution in [-0.4, -0.2) is 11.0 Å². The quantitative estimate of drug-likeness (QED) is 0.657. The van der Waals surface area contributed by atoms with Gasteiger partial charge in [-0.3, -0.25) is 4.79 Å². The monoisotopic (exact) mass is 291 g/mol. The summed E-state index contributed by atoms with van der Waals surface area (Å²) in [5, 5.41) is 14.4. The van der Waals surface area contributed by atoms with Gasteiger partial charge in [0.25, 0.3) is 0 Å². The Hall–Kier alpha value is -2.81. The highest BCUT2D eigenvalue weighted by molar-refractivity contribution is 5.98. The Labute approximate surface area is 129 Å². The molecule has 1 heterocycles. The van der Waals surface area contributed by atoms with E-state index in [1.165, 1.54) is 0 Å². The lowest BCUT2D eigenvalue weighted by Crippen LogP contribution is -2.03. The summed E-state index contributed by atoms with van der Waals surface area (Å²) in [6.45, 7) is 1.90. The Kier molecular flexibility index (Phi) is 3.79. The summed E-state index contributed by atoms with van der Waals surface area (Å²) in [4.78, 5) is 10.8. The molecule has 0 radical (unpaired) electrons. The number of carbonyl (C=O) groups is 1. The molecule has 3 aromatic carbocycles. The zero-order chi connectivity index (χ0) is 15.5. The van der Waals surface area contributed by atoms with Crippen molar-refractivity contribution in [3.63, 3.8) is 0 Å². The van der Waals surface area contributed by atoms with Crippen LogP contribution in [-0.2, 0) is 11.2 Å². The molecule has 2 N–H and O–H groups in total. The van der Waals surface area contributed by atoms with E-state index in [9.17, 15) is 9.90 Å². The van der Waals surface area contributed by atoms with Gasteiger partial charge >= 0.3 is 0 Å². The molecular weight excluding hydrogens is 274 g/mol. The van der Waals surface area contributed by atoms with Crippen molar-refractivity contribution in [2.75, 3.05) is 5.32 Å². The molecule has 22 heavy (non-hydrogen) atoms. The molecule has 0 saturated heterocycles. The summed E-state index contributed by atoms with van der Waals surface area (Å²) < 4.78 is 0. The molecular formula is C19H17NO2. The summed E-state index contributed by atoms with van der Waals surface area (Å²) in [6, 6.07) is 19.5. The molecule has 110 valence electrons. The maximum absolute atomic E-state index is 10.8. The molecule has 0 bridgehead atoms. The number of fused-ring (bicyclic) bond motifs is 2. The second-order valence-electron chi connectivity index (χ2n) is 5.33. The number of phenolic OH excluding ortho intramolecular Hbond substituents is 1. The molecule has 4 rings (SSSR count). The van der Waals surface area contributed by atoms with Crippen molar-refractivity contribution in [2.24, 2.45) is 0 Å². The molecule has 0 saturated carbocycles. The van der Waals surface area contributed by atoms with Gasteiger partial charge in [0.1, 0.15) is 5.75 Å². The third-order valence-electron chi connectivity index (χ3n) is 3.74. The minimum atomic E-state index is 0.0983. The summed E-state index contributed by atoms with van der Waals surface area (Å²) in [6.07, 6.45) is 0.538. The average molecular weight is 291 g/mol. The van der Waals surface area contributed by atoms with E-state index in [1.807, 2.05) is 67.6 Å². The van der Waals surface area contributed by atoms with Gasteiger partial charge in [0.15, 0.2) is 0 Å². The smallest absolute Gasteiger partial charge is 0.228 e. The normalized spacial score (nSPS) is 12.3. The summed E-state index contributed by atoms with van der Waals surface area (Å²) in [5.41, 5.74) is 2.99. The van der Waals surface area contributed by atoms with E-state index in [4.69, 9.17) is 0 Å². The van der Waals surface area contributed by atoms with Crippen LogP contribution in [0.15, 0.2) is 60.7 Å². The summed E-state index contributed by atoms with van der Waals surface area (Å²) in [5.74, 6) is 0.495. The minimum Gasteiger partial charge on any atom is -0.507 e. The van der Waals surface area contributed by atoms with Gasteiger partial charge in [-0.25, -0.2) is 0 Å². The Morgan fingerprint density at radius 1 is 0.955 bits per heavy atom. The molecule has 3 nitrogen and oxygen atoms in total. The van der Waals surface area contributed by atoms with Crippen LogP contribution in [0.3, 0.4) is 0 Å². The number of anilines is 1. The summed E-state index contributed by atoms with van der Waals surface area (Å²) in [7, 11) is 0. The molecule has 3 heteroatoms.